The van der Waals surface area contributed by atoms with Gasteiger partial charge in [-0.15, -0.1) is 0 Å². The topological polar surface area (TPSA) is 91.9 Å². The van der Waals surface area contributed by atoms with Crippen molar-refractivity contribution in [2.45, 2.75) is 5.51 Å². The number of carbonyl (C=O) groups is 1. The lowest BCUT2D eigenvalue weighted by atomic mass is 10.0. The van der Waals surface area contributed by atoms with Gasteiger partial charge in [-0.1, -0.05) is 0 Å². The molecule has 2 aromatic heterocycles. The van der Waals surface area contributed by atoms with Crippen molar-refractivity contribution < 1.29 is 35.2 Å². The zero-order valence-electron chi connectivity index (χ0n) is 13.2. The molecular formula is C15H7BrF5N3O3S. The molecular weight excluding hydrogens is 477 g/mol. The summed E-state index contributed by atoms with van der Waals surface area (Å²) in [6, 6.07) is 2.36. The molecule has 6 nitrogen and oxygen atoms in total. The van der Waals surface area contributed by atoms with Crippen LogP contribution in [0.5, 0.6) is 0 Å². The van der Waals surface area contributed by atoms with Crippen LogP contribution in [0, 0.1) is 11.6 Å². The molecule has 28 heavy (non-hydrogen) atoms. The zero-order valence-corrected chi connectivity index (χ0v) is 15.6. The minimum Gasteiger partial charge on any atom is -0.345 e. The second kappa shape index (κ2) is 6.81. The Morgan fingerprint density at radius 2 is 1.89 bits per heavy atom. The number of rotatable bonds is 4. The molecule has 3 rings (SSSR count). The Balaban J connectivity index is 2.12. The molecule has 2 heterocycles. The maximum Gasteiger partial charge on any atom is 0.516 e. The number of hydrogen-bond acceptors (Lipinski definition) is 4. The minimum absolute atomic E-state index is 0.194. The molecule has 0 aliphatic heterocycles. The summed E-state index contributed by atoms with van der Waals surface area (Å²) in [5.41, 5.74) is -8.16. The van der Waals surface area contributed by atoms with Crippen LogP contribution in [0.3, 0.4) is 0 Å². The summed E-state index contributed by atoms with van der Waals surface area (Å²) < 4.78 is 90.0. The molecule has 0 saturated carbocycles. The number of benzene rings is 1. The van der Waals surface area contributed by atoms with Gasteiger partial charge in [-0.3, -0.25) is 9.52 Å². The lowest BCUT2D eigenvalue weighted by Crippen LogP contribution is -2.30. The number of fused-ring (bicyclic) bond motifs is 1. The molecule has 0 atom stereocenters. The van der Waals surface area contributed by atoms with Crippen molar-refractivity contribution in [3.8, 4) is 0 Å². The van der Waals surface area contributed by atoms with Crippen molar-refractivity contribution in [1.82, 2.24) is 9.97 Å². The number of anilines is 1. The van der Waals surface area contributed by atoms with E-state index in [0.717, 1.165) is 10.9 Å². The summed E-state index contributed by atoms with van der Waals surface area (Å²) in [6.07, 6.45) is 2.53. The highest BCUT2D eigenvalue weighted by molar-refractivity contribution is 9.10. The van der Waals surface area contributed by atoms with Crippen LogP contribution in [0.4, 0.5) is 27.6 Å². The molecule has 2 N–H and O–H groups in total. The van der Waals surface area contributed by atoms with E-state index in [1.54, 1.807) is 0 Å². The molecule has 0 fully saturated rings. The quantitative estimate of drug-likeness (QED) is 0.431. The molecule has 0 amide bonds. The summed E-state index contributed by atoms with van der Waals surface area (Å²) in [6.45, 7) is 0. The molecule has 0 aliphatic carbocycles. The number of nitrogens with one attached hydrogen (secondary N) is 2. The van der Waals surface area contributed by atoms with Crippen LogP contribution in [0.1, 0.15) is 15.9 Å². The van der Waals surface area contributed by atoms with E-state index in [0.29, 0.717) is 16.6 Å². The van der Waals surface area contributed by atoms with Crippen molar-refractivity contribution >= 4 is 48.5 Å². The summed E-state index contributed by atoms with van der Waals surface area (Å²) in [4.78, 5) is 19.2. The smallest absolute Gasteiger partial charge is 0.345 e. The zero-order chi connectivity index (χ0) is 20.9. The molecule has 148 valence electrons. The highest BCUT2D eigenvalue weighted by Crippen LogP contribution is 2.31. The van der Waals surface area contributed by atoms with Gasteiger partial charge >= 0.3 is 15.5 Å². The highest BCUT2D eigenvalue weighted by atomic mass is 79.9. The fourth-order valence-electron chi connectivity index (χ4n) is 2.34. The number of H-pyrrole nitrogens is 1. The van der Waals surface area contributed by atoms with E-state index >= 15 is 0 Å². The van der Waals surface area contributed by atoms with E-state index < -0.39 is 44.2 Å². The van der Waals surface area contributed by atoms with E-state index in [9.17, 15) is 35.2 Å². The summed E-state index contributed by atoms with van der Waals surface area (Å²) in [5, 5.41) is 0.194. The number of ketones is 1. The predicted molar refractivity (Wildman–Crippen MR) is 92.2 cm³/mol. The summed E-state index contributed by atoms with van der Waals surface area (Å²) >= 11 is 3.13. The van der Waals surface area contributed by atoms with E-state index in [4.69, 9.17) is 0 Å². The highest BCUT2D eigenvalue weighted by Gasteiger charge is 2.46. The third kappa shape index (κ3) is 3.46. The second-order valence-corrected chi connectivity index (χ2v) is 8.01. The summed E-state index contributed by atoms with van der Waals surface area (Å²) in [5.74, 6) is -4.38. The van der Waals surface area contributed by atoms with E-state index in [1.165, 1.54) is 12.3 Å². The Labute approximate surface area is 161 Å². The number of halogens is 6. The molecule has 1 aromatic carbocycles. The van der Waals surface area contributed by atoms with Crippen LogP contribution in [0.15, 0.2) is 35.1 Å². The largest absolute Gasteiger partial charge is 0.516 e. The first-order valence-electron chi connectivity index (χ1n) is 7.17. The van der Waals surface area contributed by atoms with Gasteiger partial charge in [0.15, 0.2) is 5.82 Å². The normalized spacial score (nSPS) is 12.4. The Kier molecular flexibility index (Phi) is 4.91. The van der Waals surface area contributed by atoms with Crippen molar-refractivity contribution in [1.29, 1.82) is 0 Å². The van der Waals surface area contributed by atoms with Gasteiger partial charge in [0, 0.05) is 27.8 Å². The lowest BCUT2D eigenvalue weighted by Gasteiger charge is -2.13. The van der Waals surface area contributed by atoms with Gasteiger partial charge in [0.25, 0.3) is 0 Å². The van der Waals surface area contributed by atoms with Gasteiger partial charge in [-0.25, -0.2) is 13.8 Å². The molecule has 0 saturated heterocycles. The Bertz CT molecular complexity index is 1210. The van der Waals surface area contributed by atoms with Gasteiger partial charge in [-0.2, -0.15) is 21.6 Å². The molecule has 3 aromatic rings. The third-order valence-corrected chi connectivity index (χ3v) is 5.14. The number of nitrogens with zero attached hydrogens (tertiary/aromatic N) is 1. The van der Waals surface area contributed by atoms with Crippen molar-refractivity contribution in [3.63, 3.8) is 0 Å². The van der Waals surface area contributed by atoms with Crippen molar-refractivity contribution in [2.75, 3.05) is 4.72 Å². The molecule has 0 unspecified atom stereocenters. The van der Waals surface area contributed by atoms with Crippen LogP contribution in [0.25, 0.3) is 11.0 Å². The van der Waals surface area contributed by atoms with Gasteiger partial charge in [-0.05, 0) is 34.1 Å². The number of aromatic amines is 1. The maximum atomic E-state index is 14.6. The van der Waals surface area contributed by atoms with Gasteiger partial charge in [0.05, 0.1) is 11.3 Å². The number of alkyl halides is 3. The molecule has 0 spiro atoms. The first-order chi connectivity index (χ1) is 12.9. The SMILES string of the molecule is O=C(c1c(F)ccc(NS(=O)(=O)C(F)(F)F)c1F)c1c[nH]c2ncc(Br)cc12. The number of sulfonamides is 1. The molecule has 0 aliphatic rings. The minimum atomic E-state index is -5.97. The lowest BCUT2D eigenvalue weighted by molar-refractivity contribution is -0.0429. The average Bonchev–Trinajstić information content (AvgIpc) is 2.99. The van der Waals surface area contributed by atoms with Crippen LogP contribution >= 0.6 is 15.9 Å². The van der Waals surface area contributed by atoms with E-state index in [-0.39, 0.29) is 16.6 Å². The fraction of sp³-hybridized carbons (Fsp3) is 0.0667. The fourth-order valence-corrected chi connectivity index (χ4v) is 3.24. The van der Waals surface area contributed by atoms with E-state index in [1.807, 2.05) is 0 Å². The molecule has 0 radical (unpaired) electrons. The monoisotopic (exact) mass is 483 g/mol. The van der Waals surface area contributed by atoms with Gasteiger partial charge < -0.3 is 4.98 Å². The van der Waals surface area contributed by atoms with Crippen LogP contribution in [-0.2, 0) is 10.0 Å². The second-order valence-electron chi connectivity index (χ2n) is 5.42. The van der Waals surface area contributed by atoms with Crippen LogP contribution < -0.4 is 4.72 Å². The van der Waals surface area contributed by atoms with Gasteiger partial charge in [0.1, 0.15) is 11.5 Å². The maximum absolute atomic E-state index is 14.6. The first kappa shape index (κ1) is 20.2. The number of carbonyl (C=O) groups excluding carboxylic acids is 1. The van der Waals surface area contributed by atoms with Crippen LogP contribution in [-0.4, -0.2) is 29.7 Å². The number of pyridine rings is 1. The average molecular weight is 484 g/mol. The summed E-state index contributed by atoms with van der Waals surface area (Å²) in [7, 11) is -5.97. The third-order valence-electron chi connectivity index (χ3n) is 3.61. The van der Waals surface area contributed by atoms with Crippen LogP contribution in [0.2, 0.25) is 0 Å². The first-order valence-corrected chi connectivity index (χ1v) is 9.44. The van der Waals surface area contributed by atoms with E-state index in [2.05, 4.69) is 25.9 Å². The predicted octanol–water partition coefficient (Wildman–Crippen LogP) is 4.10. The van der Waals surface area contributed by atoms with Gasteiger partial charge in [0.2, 0.25) is 5.78 Å². The Hall–Kier alpha value is -2.54. The molecule has 0 bridgehead atoms. The molecule has 13 heteroatoms. The number of aromatic nitrogens is 2. The standard InChI is InChI=1S/C15H7BrF5N3O3S/c16-6-3-7-8(5-23-14(7)22-4-6)13(25)11-9(17)1-2-10(12(11)18)24-28(26,27)15(19,20)21/h1-5,24H,(H,22,23). The van der Waals surface area contributed by atoms with Crippen molar-refractivity contribution in [3.05, 3.63) is 57.8 Å². The van der Waals surface area contributed by atoms with Crippen molar-refractivity contribution in [2.24, 2.45) is 0 Å². The number of hydrogen-bond donors (Lipinski definition) is 2. The Morgan fingerprint density at radius 3 is 2.54 bits per heavy atom. The Morgan fingerprint density at radius 1 is 1.21 bits per heavy atom.